The van der Waals surface area contributed by atoms with Crippen molar-refractivity contribution in [1.29, 1.82) is 0 Å². The van der Waals surface area contributed by atoms with Crippen LogP contribution in [0.2, 0.25) is 0 Å². The number of piperidine rings is 1. The van der Waals surface area contributed by atoms with Crippen LogP contribution in [0.25, 0.3) is 0 Å². The van der Waals surface area contributed by atoms with Crippen LogP contribution in [0.4, 0.5) is 10.5 Å². The molecule has 19 heavy (non-hydrogen) atoms. The van der Waals surface area contributed by atoms with E-state index in [4.69, 9.17) is 4.74 Å². The van der Waals surface area contributed by atoms with Crippen LogP contribution in [0, 0.1) is 0 Å². The normalized spacial score (nSPS) is 22.7. The Balaban J connectivity index is 2.00. The molecular formula is C13H15N3O3. The molecule has 6 nitrogen and oxygen atoms in total. The second kappa shape index (κ2) is 4.53. The van der Waals surface area contributed by atoms with Gasteiger partial charge in [0.05, 0.1) is 7.11 Å². The predicted molar refractivity (Wildman–Crippen MR) is 68.0 cm³/mol. The van der Waals surface area contributed by atoms with Gasteiger partial charge < -0.3 is 9.64 Å². The minimum atomic E-state index is -0.314. The van der Waals surface area contributed by atoms with Crippen molar-refractivity contribution in [2.24, 2.45) is 0 Å². The molecule has 0 bridgehead atoms. The van der Waals surface area contributed by atoms with Crippen LogP contribution >= 0.6 is 0 Å². The molecule has 100 valence electrons. The van der Waals surface area contributed by atoms with Gasteiger partial charge in [0.2, 0.25) is 5.88 Å². The van der Waals surface area contributed by atoms with Crippen molar-refractivity contribution in [3.63, 3.8) is 0 Å². The average molecular weight is 261 g/mol. The molecule has 0 aliphatic carbocycles. The Kier molecular flexibility index (Phi) is 2.85. The van der Waals surface area contributed by atoms with E-state index in [0.717, 1.165) is 19.3 Å². The molecule has 2 saturated heterocycles. The molecule has 3 rings (SSSR count). The molecule has 2 aliphatic heterocycles. The highest BCUT2D eigenvalue weighted by Gasteiger charge is 2.47. The zero-order valence-electron chi connectivity index (χ0n) is 10.7. The van der Waals surface area contributed by atoms with E-state index in [-0.39, 0.29) is 18.0 Å². The highest BCUT2D eigenvalue weighted by atomic mass is 16.5. The quantitative estimate of drug-likeness (QED) is 0.755. The summed E-state index contributed by atoms with van der Waals surface area (Å²) in [7, 11) is 1.48. The number of methoxy groups -OCH3 is 1. The lowest BCUT2D eigenvalue weighted by Gasteiger charge is -2.25. The summed E-state index contributed by atoms with van der Waals surface area (Å²) in [5.41, 5.74) is 0.425. The predicted octanol–water partition coefficient (Wildman–Crippen LogP) is 1.41. The molecule has 2 fully saturated rings. The Hall–Kier alpha value is -2.11. The van der Waals surface area contributed by atoms with E-state index in [1.165, 1.54) is 12.0 Å². The maximum atomic E-state index is 12.4. The summed E-state index contributed by atoms with van der Waals surface area (Å²) < 4.78 is 5.13. The number of carbonyl (C=O) groups is 2. The molecule has 1 aromatic heterocycles. The lowest BCUT2D eigenvalue weighted by molar-refractivity contribution is -0.120. The Morgan fingerprint density at radius 1 is 1.37 bits per heavy atom. The Bertz CT molecular complexity index is 508. The van der Waals surface area contributed by atoms with E-state index in [9.17, 15) is 9.59 Å². The number of anilines is 1. The molecule has 0 unspecified atom stereocenters. The second-order valence-electron chi connectivity index (χ2n) is 4.69. The molecule has 2 aliphatic rings. The van der Waals surface area contributed by atoms with Gasteiger partial charge in [0.15, 0.2) is 0 Å². The van der Waals surface area contributed by atoms with Crippen LogP contribution in [0.15, 0.2) is 18.3 Å². The number of imide groups is 1. The van der Waals surface area contributed by atoms with Crippen molar-refractivity contribution >= 4 is 17.6 Å². The number of urea groups is 1. The molecule has 1 atom stereocenters. The van der Waals surface area contributed by atoms with E-state index in [2.05, 4.69) is 4.98 Å². The van der Waals surface area contributed by atoms with Gasteiger partial charge in [-0.2, -0.15) is 0 Å². The molecule has 0 saturated carbocycles. The molecule has 3 amide bonds. The molecule has 3 heterocycles. The summed E-state index contributed by atoms with van der Waals surface area (Å²) in [6.07, 6.45) is 4.25. The molecule has 6 heteroatoms. The fourth-order valence-corrected chi connectivity index (χ4v) is 2.72. The highest BCUT2D eigenvalue weighted by molar-refractivity contribution is 6.21. The van der Waals surface area contributed by atoms with E-state index >= 15 is 0 Å². The Morgan fingerprint density at radius 3 is 2.95 bits per heavy atom. The van der Waals surface area contributed by atoms with Crippen molar-refractivity contribution in [3.05, 3.63) is 18.3 Å². The number of rotatable bonds is 2. The summed E-state index contributed by atoms with van der Waals surface area (Å²) in [4.78, 5) is 31.7. The largest absolute Gasteiger partial charge is 0.479 e. The van der Waals surface area contributed by atoms with Crippen molar-refractivity contribution in [1.82, 2.24) is 9.88 Å². The van der Waals surface area contributed by atoms with Crippen LogP contribution in [0.3, 0.4) is 0 Å². The van der Waals surface area contributed by atoms with E-state index < -0.39 is 0 Å². The maximum Gasteiger partial charge on any atom is 0.332 e. The van der Waals surface area contributed by atoms with Crippen molar-refractivity contribution < 1.29 is 14.3 Å². The minimum Gasteiger partial charge on any atom is -0.479 e. The summed E-state index contributed by atoms with van der Waals surface area (Å²) in [6, 6.07) is 2.79. The van der Waals surface area contributed by atoms with Crippen LogP contribution in [0.5, 0.6) is 5.88 Å². The van der Waals surface area contributed by atoms with Gasteiger partial charge in [0, 0.05) is 12.7 Å². The van der Waals surface area contributed by atoms with Crippen molar-refractivity contribution in [2.45, 2.75) is 25.3 Å². The number of aromatic nitrogens is 1. The number of nitrogens with zero attached hydrogens (tertiary/aromatic N) is 3. The van der Waals surface area contributed by atoms with Gasteiger partial charge in [-0.15, -0.1) is 0 Å². The first-order valence-corrected chi connectivity index (χ1v) is 6.37. The number of carbonyl (C=O) groups excluding carboxylic acids is 2. The van der Waals surface area contributed by atoms with E-state index in [1.807, 2.05) is 0 Å². The first-order chi connectivity index (χ1) is 9.24. The van der Waals surface area contributed by atoms with E-state index in [1.54, 1.807) is 23.2 Å². The fraction of sp³-hybridized carbons (Fsp3) is 0.462. The Labute approximate surface area is 111 Å². The van der Waals surface area contributed by atoms with Gasteiger partial charge in [-0.25, -0.2) is 14.7 Å². The molecular weight excluding hydrogens is 246 g/mol. The monoisotopic (exact) mass is 261 g/mol. The van der Waals surface area contributed by atoms with Gasteiger partial charge in [0.1, 0.15) is 11.7 Å². The summed E-state index contributed by atoms with van der Waals surface area (Å²) in [5, 5.41) is 0. The number of amides is 3. The van der Waals surface area contributed by atoms with E-state index in [0.29, 0.717) is 18.1 Å². The third-order valence-corrected chi connectivity index (χ3v) is 3.63. The molecule has 0 spiro atoms. The SMILES string of the molecule is COc1ncccc1N1C(=O)[C@@H]2CCCCN2C1=O. The third kappa shape index (κ3) is 1.75. The van der Waals surface area contributed by atoms with Crippen LogP contribution in [0.1, 0.15) is 19.3 Å². The van der Waals surface area contributed by atoms with Crippen LogP contribution < -0.4 is 9.64 Å². The number of fused-ring (bicyclic) bond motifs is 1. The zero-order valence-corrected chi connectivity index (χ0v) is 10.7. The summed E-state index contributed by atoms with van der Waals surface area (Å²) >= 11 is 0. The first kappa shape index (κ1) is 12.0. The van der Waals surface area contributed by atoms with Gasteiger partial charge >= 0.3 is 6.03 Å². The third-order valence-electron chi connectivity index (χ3n) is 3.63. The average Bonchev–Trinajstić information content (AvgIpc) is 2.71. The Morgan fingerprint density at radius 2 is 2.21 bits per heavy atom. The summed E-state index contributed by atoms with van der Waals surface area (Å²) in [6.45, 7) is 0.647. The number of pyridine rings is 1. The van der Waals surface area contributed by atoms with Crippen LogP contribution in [-0.4, -0.2) is 41.5 Å². The smallest absolute Gasteiger partial charge is 0.332 e. The molecule has 0 radical (unpaired) electrons. The van der Waals surface area contributed by atoms with Gasteiger partial charge in [-0.3, -0.25) is 4.79 Å². The fourth-order valence-electron chi connectivity index (χ4n) is 2.72. The highest BCUT2D eigenvalue weighted by Crippen LogP contribution is 2.34. The molecule has 0 aromatic carbocycles. The standard InChI is InChI=1S/C13H15N3O3/c1-19-11-9(6-4-7-14-11)16-12(17)10-5-2-3-8-15(10)13(16)18/h4,6-7,10H,2-3,5,8H2,1H3/t10-/m0/s1. The molecule has 0 N–H and O–H groups in total. The lowest BCUT2D eigenvalue weighted by atomic mass is 10.0. The van der Waals surface area contributed by atoms with Crippen molar-refractivity contribution in [3.8, 4) is 5.88 Å². The first-order valence-electron chi connectivity index (χ1n) is 6.37. The lowest BCUT2D eigenvalue weighted by Crippen LogP contribution is -2.39. The topological polar surface area (TPSA) is 62.7 Å². The maximum absolute atomic E-state index is 12.4. The number of hydrogen-bond donors (Lipinski definition) is 0. The van der Waals surface area contributed by atoms with Crippen molar-refractivity contribution in [2.75, 3.05) is 18.6 Å². The van der Waals surface area contributed by atoms with Crippen LogP contribution in [-0.2, 0) is 4.79 Å². The second-order valence-corrected chi connectivity index (χ2v) is 4.69. The summed E-state index contributed by atoms with van der Waals surface area (Å²) in [5.74, 6) is 0.125. The number of hydrogen-bond acceptors (Lipinski definition) is 4. The van der Waals surface area contributed by atoms with Gasteiger partial charge in [0.25, 0.3) is 5.91 Å². The van der Waals surface area contributed by atoms with Gasteiger partial charge in [-0.05, 0) is 31.4 Å². The number of ether oxygens (including phenoxy) is 1. The zero-order chi connectivity index (χ0) is 13.4. The van der Waals surface area contributed by atoms with Gasteiger partial charge in [-0.1, -0.05) is 0 Å². The molecule has 1 aromatic rings. The minimum absolute atomic E-state index is 0.170.